The maximum Gasteiger partial charge on any atom is 0.127 e. The second-order valence-electron chi connectivity index (χ2n) is 8.15. The van der Waals surface area contributed by atoms with Gasteiger partial charge in [-0.05, 0) is 63.7 Å². The number of likely N-dealkylation sites (tertiary alicyclic amines) is 1. The monoisotopic (exact) mass is 336 g/mol. The lowest BCUT2D eigenvalue weighted by Crippen LogP contribution is -2.40. The van der Waals surface area contributed by atoms with Gasteiger partial charge in [0.2, 0.25) is 0 Å². The number of fused-ring (bicyclic) bond motifs is 1. The molecule has 1 spiro atoms. The molecule has 0 aliphatic carbocycles. The topological polar surface area (TPSA) is 24.5 Å². The zero-order valence-electron chi connectivity index (χ0n) is 14.4. The van der Waals surface area contributed by atoms with Crippen molar-refractivity contribution < 1.29 is 4.74 Å². The van der Waals surface area contributed by atoms with Crippen LogP contribution >= 0.6 is 12.4 Å². The van der Waals surface area contributed by atoms with Crippen molar-refractivity contribution in [3.05, 3.63) is 29.3 Å². The molecule has 1 aromatic carbocycles. The van der Waals surface area contributed by atoms with Crippen molar-refractivity contribution in [2.24, 2.45) is 5.41 Å². The fraction of sp³-hybridized carbons (Fsp3) is 0.684. The van der Waals surface area contributed by atoms with Crippen LogP contribution in [0.4, 0.5) is 0 Å². The predicted octanol–water partition coefficient (Wildman–Crippen LogP) is 3.40. The fourth-order valence-electron chi connectivity index (χ4n) is 4.45. The molecule has 0 unspecified atom stereocenters. The molecule has 128 valence electrons. The van der Waals surface area contributed by atoms with Gasteiger partial charge in [-0.2, -0.15) is 0 Å². The van der Waals surface area contributed by atoms with E-state index in [9.17, 15) is 0 Å². The van der Waals surface area contributed by atoms with Crippen LogP contribution in [0.1, 0.15) is 44.2 Å². The van der Waals surface area contributed by atoms with E-state index in [4.69, 9.17) is 4.74 Å². The highest BCUT2D eigenvalue weighted by Gasteiger charge is 2.37. The van der Waals surface area contributed by atoms with Gasteiger partial charge in [0.25, 0.3) is 0 Å². The molecule has 0 aromatic heterocycles. The highest BCUT2D eigenvalue weighted by Crippen LogP contribution is 2.40. The molecule has 2 saturated heterocycles. The van der Waals surface area contributed by atoms with Gasteiger partial charge in [-0.3, -0.25) is 4.90 Å². The van der Waals surface area contributed by atoms with Crippen LogP contribution in [-0.2, 0) is 13.0 Å². The maximum atomic E-state index is 6.22. The third-order valence-corrected chi connectivity index (χ3v) is 5.82. The predicted molar refractivity (Wildman–Crippen MR) is 96.5 cm³/mol. The third-order valence-electron chi connectivity index (χ3n) is 5.82. The van der Waals surface area contributed by atoms with Crippen LogP contribution in [0.5, 0.6) is 5.75 Å². The second kappa shape index (κ2) is 6.27. The smallest absolute Gasteiger partial charge is 0.127 e. The lowest BCUT2D eigenvalue weighted by atomic mass is 9.78. The summed E-state index contributed by atoms with van der Waals surface area (Å²) in [5, 5.41) is 3.55. The Labute approximate surface area is 146 Å². The molecule has 23 heavy (non-hydrogen) atoms. The van der Waals surface area contributed by atoms with Crippen molar-refractivity contribution in [2.45, 2.75) is 51.7 Å². The zero-order chi connectivity index (χ0) is 15.2. The molecule has 3 nitrogen and oxygen atoms in total. The number of para-hydroxylation sites is 1. The van der Waals surface area contributed by atoms with Crippen LogP contribution in [-0.4, -0.2) is 36.7 Å². The van der Waals surface area contributed by atoms with Gasteiger partial charge >= 0.3 is 0 Å². The number of nitrogens with zero attached hydrogens (tertiary/aromatic N) is 1. The first-order valence-corrected chi connectivity index (χ1v) is 8.78. The molecular formula is C19H29ClN2O. The molecule has 3 heterocycles. The Morgan fingerprint density at radius 3 is 2.65 bits per heavy atom. The molecule has 0 amide bonds. The lowest BCUT2D eigenvalue weighted by molar-refractivity contribution is 0.108. The molecule has 3 aliphatic heterocycles. The van der Waals surface area contributed by atoms with E-state index in [-0.39, 0.29) is 18.0 Å². The van der Waals surface area contributed by atoms with E-state index >= 15 is 0 Å². The summed E-state index contributed by atoms with van der Waals surface area (Å²) >= 11 is 0. The van der Waals surface area contributed by atoms with Crippen molar-refractivity contribution in [1.82, 2.24) is 10.2 Å². The molecule has 0 saturated carbocycles. The van der Waals surface area contributed by atoms with Crippen LogP contribution in [0.15, 0.2) is 18.2 Å². The zero-order valence-corrected chi connectivity index (χ0v) is 15.2. The molecule has 0 bridgehead atoms. The quantitative estimate of drug-likeness (QED) is 0.895. The molecule has 4 rings (SSSR count). The first-order valence-electron chi connectivity index (χ1n) is 8.78. The van der Waals surface area contributed by atoms with Crippen LogP contribution in [0.2, 0.25) is 0 Å². The average Bonchev–Trinajstić information content (AvgIpc) is 3.05. The number of ether oxygens (including phenoxy) is 1. The molecule has 2 fully saturated rings. The summed E-state index contributed by atoms with van der Waals surface area (Å²) in [6.07, 6.45) is 5.10. The molecule has 0 atom stereocenters. The molecule has 0 radical (unpaired) electrons. The number of nitrogens with one attached hydrogen (secondary N) is 1. The second-order valence-corrected chi connectivity index (χ2v) is 8.15. The van der Waals surface area contributed by atoms with Gasteiger partial charge in [-0.25, -0.2) is 0 Å². The SMILES string of the molecule is CC1(C)Cc2cccc(CN3CCC4(CCNC4)CC3)c2O1.Cl. The van der Waals surface area contributed by atoms with Crippen LogP contribution < -0.4 is 10.1 Å². The van der Waals surface area contributed by atoms with Crippen molar-refractivity contribution in [2.75, 3.05) is 26.2 Å². The van der Waals surface area contributed by atoms with E-state index in [2.05, 4.69) is 42.3 Å². The minimum atomic E-state index is -0.0418. The summed E-state index contributed by atoms with van der Waals surface area (Å²) in [7, 11) is 0. The van der Waals surface area contributed by atoms with Gasteiger partial charge in [0.1, 0.15) is 11.4 Å². The Morgan fingerprint density at radius 1 is 1.17 bits per heavy atom. The van der Waals surface area contributed by atoms with Gasteiger partial charge < -0.3 is 10.1 Å². The standard InChI is InChI=1S/C19H28N2O.ClH/c1-18(2)12-15-4-3-5-16(17(15)22-18)13-21-10-7-19(8-11-21)6-9-20-14-19;/h3-5,20H,6-14H2,1-2H3;1H. The fourth-order valence-corrected chi connectivity index (χ4v) is 4.45. The number of piperidine rings is 1. The summed E-state index contributed by atoms with van der Waals surface area (Å²) in [6.45, 7) is 10.3. The van der Waals surface area contributed by atoms with Crippen molar-refractivity contribution in [3.8, 4) is 5.75 Å². The normalized spacial score (nSPS) is 25.0. The van der Waals surface area contributed by atoms with E-state index in [1.165, 1.54) is 56.6 Å². The number of halogens is 1. The van der Waals surface area contributed by atoms with Crippen LogP contribution in [0.25, 0.3) is 0 Å². The first-order chi connectivity index (χ1) is 10.6. The number of benzene rings is 1. The molecule has 4 heteroatoms. The van der Waals surface area contributed by atoms with Gasteiger partial charge in [0, 0.05) is 25.1 Å². The highest BCUT2D eigenvalue weighted by atomic mass is 35.5. The minimum absolute atomic E-state index is 0. The molecule has 1 N–H and O–H groups in total. The molecule has 1 aromatic rings. The number of hydrogen-bond acceptors (Lipinski definition) is 3. The first kappa shape index (κ1) is 17.1. The Morgan fingerprint density at radius 2 is 1.96 bits per heavy atom. The van der Waals surface area contributed by atoms with Crippen LogP contribution in [0, 0.1) is 5.41 Å². The Balaban J connectivity index is 0.00000156. The van der Waals surface area contributed by atoms with Crippen molar-refractivity contribution >= 4 is 12.4 Å². The summed E-state index contributed by atoms with van der Waals surface area (Å²) in [4.78, 5) is 2.62. The highest BCUT2D eigenvalue weighted by molar-refractivity contribution is 5.85. The van der Waals surface area contributed by atoms with Gasteiger partial charge in [-0.1, -0.05) is 18.2 Å². The summed E-state index contributed by atoms with van der Waals surface area (Å²) in [5.74, 6) is 1.16. The number of hydrogen-bond donors (Lipinski definition) is 1. The van der Waals surface area contributed by atoms with E-state index in [0.717, 1.165) is 18.7 Å². The number of rotatable bonds is 2. The van der Waals surface area contributed by atoms with Gasteiger partial charge in [0.15, 0.2) is 0 Å². The van der Waals surface area contributed by atoms with E-state index in [0.29, 0.717) is 5.41 Å². The van der Waals surface area contributed by atoms with Crippen molar-refractivity contribution in [3.63, 3.8) is 0 Å². The molecule has 3 aliphatic rings. The third kappa shape index (κ3) is 3.38. The van der Waals surface area contributed by atoms with Gasteiger partial charge in [0.05, 0.1) is 0 Å². The van der Waals surface area contributed by atoms with E-state index in [1.807, 2.05) is 0 Å². The Bertz CT molecular complexity index is 556. The summed E-state index contributed by atoms with van der Waals surface area (Å²) < 4.78 is 6.22. The van der Waals surface area contributed by atoms with Gasteiger partial charge in [-0.15, -0.1) is 12.4 Å². The van der Waals surface area contributed by atoms with E-state index in [1.54, 1.807) is 0 Å². The summed E-state index contributed by atoms with van der Waals surface area (Å²) in [5.41, 5.74) is 3.33. The maximum absolute atomic E-state index is 6.22. The van der Waals surface area contributed by atoms with Crippen molar-refractivity contribution in [1.29, 1.82) is 0 Å². The molecular weight excluding hydrogens is 308 g/mol. The lowest BCUT2D eigenvalue weighted by Gasteiger charge is -2.39. The average molecular weight is 337 g/mol. The largest absolute Gasteiger partial charge is 0.487 e. The van der Waals surface area contributed by atoms with E-state index < -0.39 is 0 Å². The summed E-state index contributed by atoms with van der Waals surface area (Å²) in [6, 6.07) is 6.68. The Hall–Kier alpha value is -0.770. The minimum Gasteiger partial charge on any atom is -0.487 e. The Kier molecular flexibility index (Phi) is 4.65. The van der Waals surface area contributed by atoms with Crippen LogP contribution in [0.3, 0.4) is 0 Å².